The van der Waals surface area contributed by atoms with Gasteiger partial charge < -0.3 is 10.1 Å². The number of hydrogen-bond donors (Lipinski definition) is 1. The van der Waals surface area contributed by atoms with Crippen LogP contribution in [0.15, 0.2) is 58.5 Å². The summed E-state index contributed by atoms with van der Waals surface area (Å²) in [4.78, 5) is 29.8. The molecule has 0 atom stereocenters. The van der Waals surface area contributed by atoms with Gasteiger partial charge in [-0.3, -0.25) is 14.2 Å². The first-order valence-corrected chi connectivity index (χ1v) is 10.6. The third-order valence-corrected chi connectivity index (χ3v) is 5.49. The molecule has 3 rings (SSSR count). The lowest BCUT2D eigenvalue weighted by atomic mass is 10.2. The van der Waals surface area contributed by atoms with E-state index in [-0.39, 0.29) is 17.2 Å². The quantitative estimate of drug-likeness (QED) is 0.319. The number of halogens is 1. The highest BCUT2D eigenvalue weighted by molar-refractivity contribution is 7.99. The first-order valence-electron chi connectivity index (χ1n) is 9.21. The number of nitrogens with one attached hydrogen (secondary N) is 1. The number of ether oxygens (including phenoxy) is 1. The number of fused-ring (bicyclic) bond motifs is 1. The second kappa shape index (κ2) is 10.4. The van der Waals surface area contributed by atoms with Gasteiger partial charge in [-0.2, -0.15) is 0 Å². The van der Waals surface area contributed by atoms with Gasteiger partial charge in [0.25, 0.3) is 5.56 Å². The van der Waals surface area contributed by atoms with Gasteiger partial charge in [0.2, 0.25) is 5.91 Å². The topological polar surface area (TPSA) is 73.2 Å². The summed E-state index contributed by atoms with van der Waals surface area (Å²) in [5, 5.41) is 4.54. The molecular weight excluding hydrogens is 410 g/mol. The Morgan fingerprint density at radius 3 is 2.72 bits per heavy atom. The van der Waals surface area contributed by atoms with Gasteiger partial charge in [0, 0.05) is 25.3 Å². The molecule has 0 fully saturated rings. The number of nitrogens with zero attached hydrogens (tertiary/aromatic N) is 2. The summed E-state index contributed by atoms with van der Waals surface area (Å²) in [6.45, 7) is 1.50. The number of aromatic nitrogens is 2. The van der Waals surface area contributed by atoms with Gasteiger partial charge in [-0.15, -0.1) is 0 Å². The summed E-state index contributed by atoms with van der Waals surface area (Å²) in [7, 11) is 1.63. The molecular formula is C21H22ClN3O3S. The van der Waals surface area contributed by atoms with Crippen molar-refractivity contribution >= 4 is 40.2 Å². The summed E-state index contributed by atoms with van der Waals surface area (Å²) >= 11 is 7.22. The number of amides is 1. The number of methoxy groups -OCH3 is 1. The lowest BCUT2D eigenvalue weighted by molar-refractivity contribution is -0.118. The van der Waals surface area contributed by atoms with Crippen LogP contribution >= 0.6 is 23.4 Å². The van der Waals surface area contributed by atoms with E-state index in [1.807, 2.05) is 24.3 Å². The van der Waals surface area contributed by atoms with E-state index in [4.69, 9.17) is 16.3 Å². The standard InChI is InChI=1S/C21H22ClN3O3S/c1-28-12-4-11-23-19(26)14-29-21-24-18-6-3-2-5-17(18)20(27)25(21)13-15-7-9-16(22)10-8-15/h2-3,5-10H,4,11-14H2,1H3,(H,23,26). The Bertz CT molecular complexity index is 1040. The highest BCUT2D eigenvalue weighted by Gasteiger charge is 2.13. The number of rotatable bonds is 9. The third-order valence-electron chi connectivity index (χ3n) is 4.26. The SMILES string of the molecule is COCCCNC(=O)CSc1nc2ccccc2c(=O)n1Cc1ccc(Cl)cc1. The molecule has 3 aromatic rings. The fourth-order valence-electron chi connectivity index (χ4n) is 2.80. The van der Waals surface area contributed by atoms with Crippen LogP contribution in [0.3, 0.4) is 0 Å². The van der Waals surface area contributed by atoms with Gasteiger partial charge in [-0.25, -0.2) is 4.98 Å². The summed E-state index contributed by atoms with van der Waals surface area (Å²) in [5.41, 5.74) is 1.42. The Kier molecular flexibility index (Phi) is 7.69. The van der Waals surface area contributed by atoms with E-state index in [0.717, 1.165) is 12.0 Å². The molecule has 0 aliphatic carbocycles. The molecule has 29 heavy (non-hydrogen) atoms. The van der Waals surface area contributed by atoms with Crippen LogP contribution in [0.5, 0.6) is 0 Å². The van der Waals surface area contributed by atoms with Crippen molar-refractivity contribution in [2.75, 3.05) is 26.0 Å². The average Bonchev–Trinajstić information content (AvgIpc) is 2.73. The molecule has 1 N–H and O–H groups in total. The highest BCUT2D eigenvalue weighted by Crippen LogP contribution is 2.19. The van der Waals surface area contributed by atoms with Crippen molar-refractivity contribution in [3.63, 3.8) is 0 Å². The molecule has 1 heterocycles. The zero-order valence-corrected chi connectivity index (χ0v) is 17.6. The predicted molar refractivity (Wildman–Crippen MR) is 117 cm³/mol. The maximum Gasteiger partial charge on any atom is 0.262 e. The van der Waals surface area contributed by atoms with Crippen molar-refractivity contribution < 1.29 is 9.53 Å². The Labute approximate surface area is 178 Å². The molecule has 0 spiro atoms. The number of para-hydroxylation sites is 1. The van der Waals surface area contributed by atoms with E-state index < -0.39 is 0 Å². The monoisotopic (exact) mass is 431 g/mol. The van der Waals surface area contributed by atoms with Crippen LogP contribution in [0.2, 0.25) is 5.02 Å². The molecule has 1 aromatic heterocycles. The number of carbonyl (C=O) groups excluding carboxylic acids is 1. The smallest absolute Gasteiger partial charge is 0.262 e. The molecule has 0 radical (unpaired) electrons. The van der Waals surface area contributed by atoms with Crippen LogP contribution in [0.1, 0.15) is 12.0 Å². The van der Waals surface area contributed by atoms with Crippen molar-refractivity contribution in [3.05, 3.63) is 69.5 Å². The minimum atomic E-state index is -0.131. The highest BCUT2D eigenvalue weighted by atomic mass is 35.5. The van der Waals surface area contributed by atoms with E-state index in [1.165, 1.54) is 11.8 Å². The molecule has 8 heteroatoms. The normalized spacial score (nSPS) is 11.0. The van der Waals surface area contributed by atoms with Gasteiger partial charge in [-0.05, 0) is 36.2 Å². The fourth-order valence-corrected chi connectivity index (χ4v) is 3.75. The van der Waals surface area contributed by atoms with Crippen molar-refractivity contribution in [2.24, 2.45) is 0 Å². The third kappa shape index (κ3) is 5.82. The van der Waals surface area contributed by atoms with Crippen LogP contribution in [0.4, 0.5) is 0 Å². The van der Waals surface area contributed by atoms with Crippen LogP contribution in [-0.4, -0.2) is 41.5 Å². The summed E-state index contributed by atoms with van der Waals surface area (Å²) in [5.74, 6) is 0.0739. The number of benzene rings is 2. The molecule has 0 aliphatic rings. The van der Waals surface area contributed by atoms with Crippen molar-refractivity contribution in [3.8, 4) is 0 Å². The number of hydrogen-bond acceptors (Lipinski definition) is 5. The zero-order chi connectivity index (χ0) is 20.6. The minimum Gasteiger partial charge on any atom is -0.385 e. The van der Waals surface area contributed by atoms with Gasteiger partial charge in [0.05, 0.1) is 23.2 Å². The Balaban J connectivity index is 1.83. The molecule has 0 bridgehead atoms. The minimum absolute atomic E-state index is 0.105. The van der Waals surface area contributed by atoms with Crippen molar-refractivity contribution in [2.45, 2.75) is 18.1 Å². The second-order valence-corrected chi connectivity index (χ2v) is 7.79. The Hall–Kier alpha value is -2.35. The second-order valence-electron chi connectivity index (χ2n) is 6.41. The number of carbonyl (C=O) groups is 1. The average molecular weight is 432 g/mol. The van der Waals surface area contributed by atoms with Crippen molar-refractivity contribution in [1.29, 1.82) is 0 Å². The summed E-state index contributed by atoms with van der Waals surface area (Å²) < 4.78 is 6.58. The maximum atomic E-state index is 13.1. The molecule has 0 saturated carbocycles. The maximum absolute atomic E-state index is 13.1. The van der Waals surface area contributed by atoms with Crippen LogP contribution in [-0.2, 0) is 16.1 Å². The number of thioether (sulfide) groups is 1. The van der Waals surface area contributed by atoms with Crippen molar-refractivity contribution in [1.82, 2.24) is 14.9 Å². The lowest BCUT2D eigenvalue weighted by Gasteiger charge is -2.13. The molecule has 2 aromatic carbocycles. The fraction of sp³-hybridized carbons (Fsp3) is 0.286. The van der Waals surface area contributed by atoms with E-state index in [9.17, 15) is 9.59 Å². The van der Waals surface area contributed by atoms with Gasteiger partial charge in [0.15, 0.2) is 5.16 Å². The van der Waals surface area contributed by atoms with Gasteiger partial charge in [-0.1, -0.05) is 47.6 Å². The van der Waals surface area contributed by atoms with Crippen LogP contribution in [0.25, 0.3) is 10.9 Å². The van der Waals surface area contributed by atoms with Crippen LogP contribution in [0, 0.1) is 0 Å². The molecule has 0 aliphatic heterocycles. The Morgan fingerprint density at radius 1 is 1.21 bits per heavy atom. The van der Waals surface area contributed by atoms with Gasteiger partial charge >= 0.3 is 0 Å². The lowest BCUT2D eigenvalue weighted by Crippen LogP contribution is -2.28. The molecule has 6 nitrogen and oxygen atoms in total. The predicted octanol–water partition coefficient (Wildman–Crippen LogP) is 3.34. The zero-order valence-electron chi connectivity index (χ0n) is 16.1. The van der Waals surface area contributed by atoms with E-state index >= 15 is 0 Å². The van der Waals surface area contributed by atoms with Crippen LogP contribution < -0.4 is 10.9 Å². The first kappa shape index (κ1) is 21.4. The first-order chi connectivity index (χ1) is 14.1. The van der Waals surface area contributed by atoms with E-state index in [0.29, 0.717) is 40.8 Å². The molecule has 0 unspecified atom stereocenters. The molecule has 0 saturated heterocycles. The molecule has 152 valence electrons. The van der Waals surface area contributed by atoms with E-state index in [2.05, 4.69) is 10.3 Å². The van der Waals surface area contributed by atoms with Gasteiger partial charge in [0.1, 0.15) is 0 Å². The summed E-state index contributed by atoms with van der Waals surface area (Å²) in [6.07, 6.45) is 0.752. The van der Waals surface area contributed by atoms with E-state index in [1.54, 1.807) is 35.9 Å². The Morgan fingerprint density at radius 2 is 1.97 bits per heavy atom. The largest absolute Gasteiger partial charge is 0.385 e. The molecule has 1 amide bonds. The summed E-state index contributed by atoms with van der Waals surface area (Å²) in [6, 6.07) is 14.6.